The molecular weight excluding hydrogens is 387 g/mol. The summed E-state index contributed by atoms with van der Waals surface area (Å²) in [6.45, 7) is 14.6. The van der Waals surface area contributed by atoms with Crippen LogP contribution >= 0.6 is 0 Å². The molecule has 0 atom stereocenters. The van der Waals surface area contributed by atoms with Gasteiger partial charge < -0.3 is 11.2 Å². The Hall–Kier alpha value is -0.0461. The fourth-order valence-corrected chi connectivity index (χ4v) is 2.22. The van der Waals surface area contributed by atoms with Gasteiger partial charge in [-0.15, -0.1) is 0 Å². The summed E-state index contributed by atoms with van der Waals surface area (Å²) < 4.78 is 22.4. The smallest absolute Gasteiger partial charge is 0.190 e. The molecule has 0 aliphatic carbocycles. The number of hydrogen-bond acceptors (Lipinski definition) is 3. The summed E-state index contributed by atoms with van der Waals surface area (Å²) in [4.78, 5) is 10.8. The average molecular weight is 420 g/mol. The standard InChI is InChI=1S/C9H18NO3S.C7H11.CH4.Y/c1-9(2,3)14(12,13)7-5-6-8(11)10-4;1-5-6-7(2,3)4;;/h4-7H2,1-3H3,(H,10,11);1H2,2-4H3;1H4;/q2*-1;;. The van der Waals surface area contributed by atoms with Crippen molar-refractivity contribution in [3.05, 3.63) is 14.0 Å². The normalized spacial score (nSPS) is 10.6. The minimum absolute atomic E-state index is 0. The molecule has 0 aromatic heterocycles. The van der Waals surface area contributed by atoms with Crippen molar-refractivity contribution in [2.24, 2.45) is 5.41 Å². The maximum atomic E-state index is 11.6. The predicted octanol–water partition coefficient (Wildman–Crippen LogP) is 3.39. The predicted molar refractivity (Wildman–Crippen MR) is 95.6 cm³/mol. The molecule has 1 N–H and O–H groups in total. The van der Waals surface area contributed by atoms with Crippen molar-refractivity contribution in [2.75, 3.05) is 5.75 Å². The molecule has 135 valence electrons. The number of rotatable bonds is 4. The van der Waals surface area contributed by atoms with E-state index in [2.05, 4.69) is 51.9 Å². The summed E-state index contributed by atoms with van der Waals surface area (Å²) in [6.07, 6.45) is 0.555. The maximum Gasteiger partial charge on any atom is 0.190 e. The van der Waals surface area contributed by atoms with Gasteiger partial charge in [0.05, 0.1) is 10.5 Å². The summed E-state index contributed by atoms with van der Waals surface area (Å²) in [5, 5.41) is 2.21. The quantitative estimate of drug-likeness (QED) is 0.560. The fourth-order valence-electron chi connectivity index (χ4n) is 1.08. The first kappa shape index (κ1) is 30.8. The molecule has 1 amide bonds. The van der Waals surface area contributed by atoms with Crippen molar-refractivity contribution in [2.45, 2.75) is 66.6 Å². The molecule has 0 saturated carbocycles. The topological polar surface area (TPSA) is 63.2 Å². The van der Waals surface area contributed by atoms with Gasteiger partial charge in [0.2, 0.25) is 0 Å². The Morgan fingerprint density at radius 1 is 1.13 bits per heavy atom. The van der Waals surface area contributed by atoms with E-state index in [1.54, 1.807) is 20.8 Å². The number of carbonyl (C=O) groups excluding carboxylic acids is 1. The van der Waals surface area contributed by atoms with Gasteiger partial charge in [-0.05, 0) is 27.2 Å². The number of nitrogens with one attached hydrogen (secondary N) is 1. The van der Waals surface area contributed by atoms with Crippen LogP contribution in [0.1, 0.15) is 61.8 Å². The van der Waals surface area contributed by atoms with E-state index in [1.807, 2.05) is 0 Å². The second-order valence-corrected chi connectivity index (χ2v) is 9.55. The third-order valence-electron chi connectivity index (χ3n) is 2.41. The van der Waals surface area contributed by atoms with Gasteiger partial charge in [0.25, 0.3) is 0 Å². The first-order valence-corrected chi connectivity index (χ1v) is 8.49. The summed E-state index contributed by atoms with van der Waals surface area (Å²) >= 11 is 0. The van der Waals surface area contributed by atoms with Crippen molar-refractivity contribution in [3.63, 3.8) is 0 Å². The first-order valence-electron chi connectivity index (χ1n) is 6.84. The molecule has 0 unspecified atom stereocenters. The molecule has 0 aromatic carbocycles. The second-order valence-electron chi connectivity index (χ2n) is 6.69. The minimum atomic E-state index is -3.10. The molecule has 0 aliphatic heterocycles. The largest absolute Gasteiger partial charge is 0.508 e. The van der Waals surface area contributed by atoms with Crippen LogP contribution in [0.25, 0.3) is 0 Å². The molecule has 0 bridgehead atoms. The van der Waals surface area contributed by atoms with E-state index in [-0.39, 0.29) is 63.6 Å². The van der Waals surface area contributed by atoms with Crippen LogP contribution in [-0.4, -0.2) is 24.8 Å². The fraction of sp³-hybridized carbons (Fsp3) is 0.706. The van der Waals surface area contributed by atoms with Gasteiger partial charge in [-0.25, -0.2) is 8.42 Å². The maximum absolute atomic E-state index is 11.6. The van der Waals surface area contributed by atoms with E-state index in [9.17, 15) is 13.2 Å². The molecule has 0 saturated heterocycles. The minimum Gasteiger partial charge on any atom is -0.508 e. The van der Waals surface area contributed by atoms with Gasteiger partial charge >= 0.3 is 0 Å². The van der Waals surface area contributed by atoms with Crippen LogP contribution < -0.4 is 5.32 Å². The first-order chi connectivity index (χ1) is 9.27. The van der Waals surface area contributed by atoms with E-state index >= 15 is 0 Å². The molecule has 0 spiro atoms. The van der Waals surface area contributed by atoms with Crippen molar-refractivity contribution in [1.29, 1.82) is 0 Å². The molecule has 0 fully saturated rings. The van der Waals surface area contributed by atoms with Crippen LogP contribution in [0.2, 0.25) is 0 Å². The molecule has 6 heteroatoms. The van der Waals surface area contributed by atoms with Crippen LogP contribution in [0.4, 0.5) is 0 Å². The van der Waals surface area contributed by atoms with E-state index in [0.717, 1.165) is 0 Å². The van der Waals surface area contributed by atoms with Gasteiger partial charge in [0.15, 0.2) is 15.7 Å². The van der Waals surface area contributed by atoms with Gasteiger partial charge in [-0.2, -0.15) is 6.92 Å². The van der Waals surface area contributed by atoms with E-state index in [4.69, 9.17) is 0 Å². The van der Waals surface area contributed by atoms with Crippen molar-refractivity contribution in [3.8, 4) is 11.8 Å². The Labute approximate surface area is 169 Å². The van der Waals surface area contributed by atoms with E-state index in [0.29, 0.717) is 6.42 Å². The Morgan fingerprint density at radius 3 is 1.78 bits per heavy atom. The molecule has 23 heavy (non-hydrogen) atoms. The zero-order valence-electron chi connectivity index (χ0n) is 14.7. The van der Waals surface area contributed by atoms with Gasteiger partial charge in [-0.1, -0.05) is 33.6 Å². The third-order valence-corrected chi connectivity index (χ3v) is 5.10. The molecule has 0 rings (SSSR count). The van der Waals surface area contributed by atoms with Crippen molar-refractivity contribution < 1.29 is 45.9 Å². The average Bonchev–Trinajstić information content (AvgIpc) is 2.26. The number of hydrogen-bond donors (Lipinski definition) is 1. The van der Waals surface area contributed by atoms with Gasteiger partial charge in [-0.3, -0.25) is 17.8 Å². The molecule has 0 aliphatic rings. The Kier molecular flexibility index (Phi) is 17.8. The van der Waals surface area contributed by atoms with Crippen LogP contribution in [0, 0.1) is 31.2 Å². The summed E-state index contributed by atoms with van der Waals surface area (Å²) in [5.41, 5.74) is 0.127. The molecule has 0 aromatic rings. The van der Waals surface area contributed by atoms with E-state index in [1.165, 1.54) is 0 Å². The number of sulfone groups is 1. The molecule has 4 nitrogen and oxygen atoms in total. The van der Waals surface area contributed by atoms with Gasteiger partial charge in [0, 0.05) is 39.1 Å². The van der Waals surface area contributed by atoms with Crippen molar-refractivity contribution in [1.82, 2.24) is 5.32 Å². The third kappa shape index (κ3) is 18.1. The second kappa shape index (κ2) is 13.3. The summed E-state index contributed by atoms with van der Waals surface area (Å²) in [7, 11) is 0.0984. The molecule has 1 radical (unpaired) electrons. The van der Waals surface area contributed by atoms with Crippen molar-refractivity contribution >= 4 is 15.7 Å². The zero-order chi connectivity index (χ0) is 17.3. The van der Waals surface area contributed by atoms with Crippen LogP contribution in [0.15, 0.2) is 0 Å². The van der Waals surface area contributed by atoms with Crippen LogP contribution in [0.5, 0.6) is 0 Å². The monoisotopic (exact) mass is 420 g/mol. The zero-order valence-corrected chi connectivity index (χ0v) is 18.4. The SMILES string of the molecule is C.[CH2-]C#CC(C)(C)C.[CH2-]NC(=O)CCCS(=O)(=O)C(C)(C)C.[Y]. The van der Waals surface area contributed by atoms with Gasteiger partial charge in [0.1, 0.15) is 0 Å². The Morgan fingerprint density at radius 2 is 1.57 bits per heavy atom. The molecular formula is C17H33NO3SY-2. The Bertz CT molecular complexity index is 475. The Balaban J connectivity index is -0.000000173. The molecule has 0 heterocycles. The van der Waals surface area contributed by atoms with Crippen LogP contribution in [0.3, 0.4) is 0 Å². The van der Waals surface area contributed by atoms with E-state index < -0.39 is 14.6 Å². The summed E-state index contributed by atoms with van der Waals surface area (Å²) in [5.74, 6) is 5.35. The summed E-state index contributed by atoms with van der Waals surface area (Å²) in [6, 6.07) is 0. The number of carbonyl (C=O) groups is 1. The number of amides is 1. The van der Waals surface area contributed by atoms with Crippen LogP contribution in [-0.2, 0) is 47.3 Å².